The van der Waals surface area contributed by atoms with E-state index in [0.717, 1.165) is 25.7 Å². The Morgan fingerprint density at radius 3 is 2.38 bits per heavy atom. The number of methoxy groups -OCH3 is 1. The molecular formula is C19H34O4Si. The molecule has 0 radical (unpaired) electrons. The SMILES string of the molecule is COC(=O)C1CC[C@@]2(C1=O)[C@H](C)CCC[C@H]2O[Si](C)(C)C(C)(C)C. The molecule has 0 saturated heterocycles. The van der Waals surface area contributed by atoms with E-state index in [1.54, 1.807) is 0 Å². The van der Waals surface area contributed by atoms with Crippen LogP contribution in [0.4, 0.5) is 0 Å². The summed E-state index contributed by atoms with van der Waals surface area (Å²) in [5.41, 5.74) is -0.493. The van der Waals surface area contributed by atoms with Crippen molar-refractivity contribution in [3.05, 3.63) is 0 Å². The van der Waals surface area contributed by atoms with E-state index in [9.17, 15) is 9.59 Å². The number of carbonyl (C=O) groups excluding carboxylic acids is 2. The lowest BCUT2D eigenvalue weighted by Crippen LogP contribution is -2.55. The number of hydrogen-bond donors (Lipinski definition) is 0. The molecule has 4 atom stereocenters. The Hall–Kier alpha value is -0.683. The first-order valence-corrected chi connectivity index (χ1v) is 12.2. The summed E-state index contributed by atoms with van der Waals surface area (Å²) in [6.07, 6.45) is 4.37. The molecule has 2 aliphatic carbocycles. The Morgan fingerprint density at radius 2 is 1.83 bits per heavy atom. The minimum atomic E-state index is -1.97. The van der Waals surface area contributed by atoms with Crippen molar-refractivity contribution in [2.75, 3.05) is 7.11 Å². The van der Waals surface area contributed by atoms with Crippen LogP contribution in [0.15, 0.2) is 0 Å². The molecule has 1 spiro atoms. The number of carbonyl (C=O) groups is 2. The van der Waals surface area contributed by atoms with Gasteiger partial charge in [0.2, 0.25) is 0 Å². The van der Waals surface area contributed by atoms with Crippen LogP contribution in [0.25, 0.3) is 0 Å². The fourth-order valence-electron chi connectivity index (χ4n) is 4.28. The molecule has 0 heterocycles. The highest BCUT2D eigenvalue weighted by Gasteiger charge is 2.60. The topological polar surface area (TPSA) is 52.6 Å². The van der Waals surface area contributed by atoms with E-state index in [1.165, 1.54) is 7.11 Å². The highest BCUT2D eigenvalue weighted by molar-refractivity contribution is 6.74. The second-order valence-electron chi connectivity index (χ2n) is 9.22. The van der Waals surface area contributed by atoms with Crippen LogP contribution in [0.2, 0.25) is 18.1 Å². The molecule has 138 valence electrons. The van der Waals surface area contributed by atoms with Crippen LogP contribution in [0.1, 0.15) is 59.8 Å². The molecule has 0 bridgehead atoms. The Morgan fingerprint density at radius 1 is 1.21 bits per heavy atom. The van der Waals surface area contributed by atoms with Crippen molar-refractivity contribution in [3.8, 4) is 0 Å². The van der Waals surface area contributed by atoms with E-state index in [4.69, 9.17) is 9.16 Å². The summed E-state index contributed by atoms with van der Waals surface area (Å²) in [6.45, 7) is 13.3. The van der Waals surface area contributed by atoms with E-state index >= 15 is 0 Å². The molecule has 2 saturated carbocycles. The minimum absolute atomic E-state index is 0.0516. The fourth-order valence-corrected chi connectivity index (χ4v) is 5.67. The van der Waals surface area contributed by atoms with Gasteiger partial charge < -0.3 is 9.16 Å². The van der Waals surface area contributed by atoms with Gasteiger partial charge in [0.15, 0.2) is 14.1 Å². The van der Waals surface area contributed by atoms with Crippen molar-refractivity contribution in [3.63, 3.8) is 0 Å². The lowest BCUT2D eigenvalue weighted by Gasteiger charge is -2.49. The fraction of sp³-hybridized carbons (Fsp3) is 0.895. The second-order valence-corrected chi connectivity index (χ2v) is 14.0. The van der Waals surface area contributed by atoms with Crippen molar-refractivity contribution in [2.45, 2.75) is 84.0 Å². The molecule has 2 rings (SSSR count). The summed E-state index contributed by atoms with van der Waals surface area (Å²) in [7, 11) is -0.601. The van der Waals surface area contributed by atoms with Gasteiger partial charge in [-0.2, -0.15) is 0 Å². The number of esters is 1. The number of rotatable bonds is 3. The monoisotopic (exact) mass is 354 g/mol. The van der Waals surface area contributed by atoms with E-state index < -0.39 is 19.7 Å². The zero-order valence-corrected chi connectivity index (χ0v) is 17.4. The maximum atomic E-state index is 13.3. The number of hydrogen-bond acceptors (Lipinski definition) is 4. The molecule has 4 nitrogen and oxygen atoms in total. The molecule has 24 heavy (non-hydrogen) atoms. The van der Waals surface area contributed by atoms with Crippen molar-refractivity contribution >= 4 is 20.1 Å². The highest BCUT2D eigenvalue weighted by Crippen LogP contribution is 2.55. The second kappa shape index (κ2) is 6.56. The van der Waals surface area contributed by atoms with E-state index in [-0.39, 0.29) is 28.8 Å². The first-order chi connectivity index (χ1) is 11.0. The molecule has 0 aromatic rings. The zero-order valence-electron chi connectivity index (χ0n) is 16.4. The standard InChI is InChI=1S/C19H34O4Si/c1-13-9-8-10-15(23-24(6,7)18(2,3)4)19(13)12-11-14(16(19)20)17(21)22-5/h13-15H,8-12H2,1-7H3/t13-,14?,15-,19-/m1/s1. The van der Waals surface area contributed by atoms with Crippen LogP contribution in [0, 0.1) is 17.3 Å². The van der Waals surface area contributed by atoms with Crippen LogP contribution in [0.5, 0.6) is 0 Å². The van der Waals surface area contributed by atoms with Crippen LogP contribution in [-0.2, 0) is 18.8 Å². The first kappa shape index (κ1) is 19.6. The average Bonchev–Trinajstić information content (AvgIpc) is 2.81. The lowest BCUT2D eigenvalue weighted by atomic mass is 9.63. The molecular weight excluding hydrogens is 320 g/mol. The minimum Gasteiger partial charge on any atom is -0.468 e. The van der Waals surface area contributed by atoms with Gasteiger partial charge >= 0.3 is 5.97 Å². The van der Waals surface area contributed by atoms with Gasteiger partial charge in [-0.1, -0.05) is 34.1 Å². The molecule has 2 fully saturated rings. The number of Topliss-reactive ketones (excluding diaryl/α,β-unsaturated/α-hetero) is 1. The maximum Gasteiger partial charge on any atom is 0.316 e. The van der Waals surface area contributed by atoms with Gasteiger partial charge in [0.25, 0.3) is 0 Å². The summed E-state index contributed by atoms with van der Waals surface area (Å²) in [5.74, 6) is -0.629. The number of ether oxygens (including phenoxy) is 1. The Labute approximate surface area is 147 Å². The molecule has 0 aromatic carbocycles. The van der Waals surface area contributed by atoms with E-state index in [1.807, 2.05) is 0 Å². The smallest absolute Gasteiger partial charge is 0.316 e. The highest BCUT2D eigenvalue weighted by atomic mass is 28.4. The Kier molecular flexibility index (Phi) is 5.37. The van der Waals surface area contributed by atoms with Gasteiger partial charge in [0.05, 0.1) is 18.6 Å². The first-order valence-electron chi connectivity index (χ1n) is 9.27. The molecule has 5 heteroatoms. The van der Waals surface area contributed by atoms with Crippen LogP contribution in [-0.4, -0.2) is 33.3 Å². The van der Waals surface area contributed by atoms with Crippen LogP contribution >= 0.6 is 0 Å². The van der Waals surface area contributed by atoms with E-state index in [0.29, 0.717) is 6.42 Å². The third-order valence-corrected chi connectivity index (χ3v) is 11.4. The van der Waals surface area contributed by atoms with Gasteiger partial charge in [0, 0.05) is 0 Å². The van der Waals surface area contributed by atoms with Crippen molar-refractivity contribution < 1.29 is 18.8 Å². The summed E-state index contributed by atoms with van der Waals surface area (Å²) in [5, 5.41) is 0.109. The molecule has 1 unspecified atom stereocenters. The maximum absolute atomic E-state index is 13.3. The third-order valence-electron chi connectivity index (χ3n) is 6.91. The Bertz CT molecular complexity index is 508. The van der Waals surface area contributed by atoms with Crippen molar-refractivity contribution in [1.82, 2.24) is 0 Å². The average molecular weight is 355 g/mol. The normalized spacial score (nSPS) is 34.6. The molecule has 0 amide bonds. The van der Waals surface area contributed by atoms with Gasteiger partial charge in [-0.15, -0.1) is 0 Å². The van der Waals surface area contributed by atoms with Gasteiger partial charge in [-0.25, -0.2) is 0 Å². The summed E-state index contributed by atoms with van der Waals surface area (Å²) in [4.78, 5) is 25.3. The predicted molar refractivity (Wildman–Crippen MR) is 97.3 cm³/mol. The lowest BCUT2D eigenvalue weighted by molar-refractivity contribution is -0.153. The van der Waals surface area contributed by atoms with Crippen molar-refractivity contribution in [2.24, 2.45) is 17.3 Å². The van der Waals surface area contributed by atoms with Gasteiger partial charge in [-0.3, -0.25) is 9.59 Å². The van der Waals surface area contributed by atoms with Crippen LogP contribution < -0.4 is 0 Å². The Balaban J connectivity index is 2.34. The predicted octanol–water partition coefficient (Wildman–Crippen LogP) is 4.34. The quantitative estimate of drug-likeness (QED) is 0.430. The largest absolute Gasteiger partial charge is 0.468 e. The van der Waals surface area contributed by atoms with Crippen LogP contribution in [0.3, 0.4) is 0 Å². The molecule has 0 N–H and O–H groups in total. The third kappa shape index (κ3) is 3.10. The van der Waals surface area contributed by atoms with Crippen molar-refractivity contribution in [1.29, 1.82) is 0 Å². The molecule has 0 aliphatic heterocycles. The van der Waals surface area contributed by atoms with Gasteiger partial charge in [-0.05, 0) is 49.7 Å². The molecule has 0 aromatic heterocycles. The van der Waals surface area contributed by atoms with Gasteiger partial charge in [0.1, 0.15) is 5.92 Å². The number of ketones is 1. The molecule has 2 aliphatic rings. The summed E-state index contributed by atoms with van der Waals surface area (Å²) < 4.78 is 11.6. The van der Waals surface area contributed by atoms with E-state index in [2.05, 4.69) is 40.8 Å². The zero-order chi connectivity index (χ0) is 18.3. The summed E-state index contributed by atoms with van der Waals surface area (Å²) in [6, 6.07) is 0. The summed E-state index contributed by atoms with van der Waals surface area (Å²) >= 11 is 0.